The van der Waals surface area contributed by atoms with Gasteiger partial charge in [-0.1, -0.05) is 65.9 Å². The summed E-state index contributed by atoms with van der Waals surface area (Å²) >= 11 is 1.28. The van der Waals surface area contributed by atoms with Crippen molar-refractivity contribution in [2.75, 3.05) is 7.11 Å². The van der Waals surface area contributed by atoms with Gasteiger partial charge in [-0.05, 0) is 36.8 Å². The number of fused-ring (bicyclic) bond motifs is 3. The molecule has 0 bridgehead atoms. The van der Waals surface area contributed by atoms with Crippen molar-refractivity contribution in [3.05, 3.63) is 106 Å². The van der Waals surface area contributed by atoms with Crippen molar-refractivity contribution in [1.82, 2.24) is 4.98 Å². The number of hydrogen-bond acceptors (Lipinski definition) is 6. The normalized spacial score (nSPS) is 11.5. The Morgan fingerprint density at radius 2 is 1.62 bits per heavy atom. The minimum atomic E-state index is -0.349. The quantitative estimate of drug-likeness (QED) is 0.304. The number of hydrogen-bond donors (Lipinski definition) is 0. The number of aryl methyl sites for hydroxylation is 1. The zero-order valence-corrected chi connectivity index (χ0v) is 19.3. The third-order valence-electron chi connectivity index (χ3n) is 5.75. The lowest BCUT2D eigenvalue weighted by molar-refractivity contribution is 0.100. The van der Waals surface area contributed by atoms with E-state index in [1.165, 1.54) is 11.8 Å². The number of nitrogens with zero attached hydrogens (tertiary/aromatic N) is 2. The minimum Gasteiger partial charge on any atom is -0.497 e. The molecule has 4 aromatic rings. The molecule has 3 aromatic carbocycles. The fraction of sp³-hybridized carbons (Fsp3) is 0.0714. The van der Waals surface area contributed by atoms with E-state index in [-0.39, 0.29) is 28.4 Å². The molecule has 0 atom stereocenters. The fourth-order valence-electron chi connectivity index (χ4n) is 4.03. The topological polar surface area (TPSA) is 80.0 Å². The van der Waals surface area contributed by atoms with Gasteiger partial charge in [0.05, 0.1) is 18.2 Å². The molecule has 0 fully saturated rings. The van der Waals surface area contributed by atoms with E-state index in [0.29, 0.717) is 33.0 Å². The molecular formula is C28H18N2O3S. The van der Waals surface area contributed by atoms with Crippen LogP contribution >= 0.6 is 11.8 Å². The highest BCUT2D eigenvalue weighted by Crippen LogP contribution is 2.44. The summed E-state index contributed by atoms with van der Waals surface area (Å²) in [4.78, 5) is 32.4. The number of aromatic nitrogens is 1. The molecule has 164 valence electrons. The first kappa shape index (κ1) is 21.6. The highest BCUT2D eigenvalue weighted by Gasteiger charge is 2.36. The second-order valence-electron chi connectivity index (χ2n) is 7.85. The lowest BCUT2D eigenvalue weighted by Gasteiger charge is -2.13. The second kappa shape index (κ2) is 8.62. The summed E-state index contributed by atoms with van der Waals surface area (Å²) < 4.78 is 5.22. The van der Waals surface area contributed by atoms with Crippen LogP contribution in [0, 0.1) is 18.3 Å². The Morgan fingerprint density at radius 1 is 0.941 bits per heavy atom. The molecule has 0 amide bonds. The highest BCUT2D eigenvalue weighted by molar-refractivity contribution is 7.99. The average molecular weight is 463 g/mol. The van der Waals surface area contributed by atoms with Gasteiger partial charge in [-0.3, -0.25) is 9.59 Å². The molecule has 0 radical (unpaired) electrons. The number of ether oxygens (including phenoxy) is 1. The van der Waals surface area contributed by atoms with Crippen LogP contribution in [-0.2, 0) is 0 Å². The molecule has 0 N–H and O–H groups in total. The highest BCUT2D eigenvalue weighted by atomic mass is 32.2. The van der Waals surface area contributed by atoms with Gasteiger partial charge in [0, 0.05) is 21.6 Å². The van der Waals surface area contributed by atoms with Gasteiger partial charge in [-0.25, -0.2) is 4.98 Å². The lowest BCUT2D eigenvalue weighted by atomic mass is 9.96. The van der Waals surface area contributed by atoms with Gasteiger partial charge in [0.25, 0.3) is 0 Å². The molecule has 5 rings (SSSR count). The predicted octanol–water partition coefficient (Wildman–Crippen LogP) is 5.86. The summed E-state index contributed by atoms with van der Waals surface area (Å²) in [5.41, 5.74) is 3.61. The SMILES string of the molecule is COc1ccc(Sc2nc(C(=O)c3ccc(C)cc3)c3c(c2C#N)-c2ccccc2C3=O)cc1. The van der Waals surface area contributed by atoms with Crippen LogP contribution in [0.2, 0.25) is 0 Å². The lowest BCUT2D eigenvalue weighted by Crippen LogP contribution is -2.13. The van der Waals surface area contributed by atoms with Gasteiger partial charge in [0.15, 0.2) is 5.78 Å². The number of carbonyl (C=O) groups excluding carboxylic acids is 2. The van der Waals surface area contributed by atoms with Gasteiger partial charge < -0.3 is 4.74 Å². The van der Waals surface area contributed by atoms with E-state index in [2.05, 4.69) is 11.1 Å². The Balaban J connectivity index is 1.74. The van der Waals surface area contributed by atoms with Gasteiger partial charge in [-0.15, -0.1) is 0 Å². The van der Waals surface area contributed by atoms with Crippen molar-refractivity contribution in [2.24, 2.45) is 0 Å². The van der Waals surface area contributed by atoms with Crippen LogP contribution in [0.15, 0.2) is 82.7 Å². The summed E-state index contributed by atoms with van der Waals surface area (Å²) in [7, 11) is 1.59. The molecule has 0 saturated heterocycles. The molecule has 1 aromatic heterocycles. The molecule has 1 aliphatic carbocycles. The maximum absolute atomic E-state index is 13.6. The maximum Gasteiger partial charge on any atom is 0.212 e. The Bertz CT molecular complexity index is 1500. The third kappa shape index (κ3) is 3.57. The van der Waals surface area contributed by atoms with E-state index < -0.39 is 0 Å². The first-order valence-electron chi connectivity index (χ1n) is 10.6. The number of methoxy groups -OCH3 is 1. The average Bonchev–Trinajstić information content (AvgIpc) is 3.17. The molecule has 34 heavy (non-hydrogen) atoms. The largest absolute Gasteiger partial charge is 0.497 e. The Hall–Kier alpha value is -4.21. The maximum atomic E-state index is 13.6. The molecule has 0 unspecified atom stereocenters. The number of pyridine rings is 1. The van der Waals surface area contributed by atoms with Crippen LogP contribution in [0.25, 0.3) is 11.1 Å². The van der Waals surface area contributed by atoms with Gasteiger partial charge in [-0.2, -0.15) is 5.26 Å². The van der Waals surface area contributed by atoms with E-state index in [1.807, 2.05) is 55.5 Å². The van der Waals surface area contributed by atoms with Gasteiger partial charge in [0.1, 0.15) is 22.5 Å². The molecule has 5 nitrogen and oxygen atoms in total. The monoisotopic (exact) mass is 462 g/mol. The second-order valence-corrected chi connectivity index (χ2v) is 8.91. The zero-order chi connectivity index (χ0) is 23.8. The summed E-state index contributed by atoms with van der Waals surface area (Å²) in [6.07, 6.45) is 0. The Labute approximate surface area is 201 Å². The predicted molar refractivity (Wildman–Crippen MR) is 130 cm³/mol. The van der Waals surface area contributed by atoms with Crippen molar-refractivity contribution >= 4 is 23.3 Å². The number of benzene rings is 3. The van der Waals surface area contributed by atoms with Gasteiger partial charge >= 0.3 is 0 Å². The standard InChI is InChI=1S/C28H18N2O3S/c1-16-7-9-17(10-8-16)26(31)25-24-23(20-5-3-4-6-21(20)27(24)32)22(15-29)28(30-25)34-19-13-11-18(33-2)12-14-19/h3-14H,1-2H3. The first-order chi connectivity index (χ1) is 16.5. The van der Waals surface area contributed by atoms with Crippen LogP contribution in [0.4, 0.5) is 0 Å². The molecule has 6 heteroatoms. The summed E-state index contributed by atoms with van der Waals surface area (Å²) in [6.45, 7) is 1.94. The molecule has 0 saturated carbocycles. The third-order valence-corrected chi connectivity index (χ3v) is 6.74. The van der Waals surface area contributed by atoms with E-state index >= 15 is 0 Å². The van der Waals surface area contributed by atoms with E-state index in [0.717, 1.165) is 10.5 Å². The first-order valence-corrected chi connectivity index (χ1v) is 11.4. The zero-order valence-electron chi connectivity index (χ0n) is 18.5. The molecular weight excluding hydrogens is 444 g/mol. The van der Waals surface area contributed by atoms with Crippen molar-refractivity contribution in [1.29, 1.82) is 5.26 Å². The smallest absolute Gasteiger partial charge is 0.212 e. The fourth-order valence-corrected chi connectivity index (χ4v) is 4.91. The molecule has 0 spiro atoms. The van der Waals surface area contributed by atoms with Gasteiger partial charge in [0.2, 0.25) is 5.78 Å². The molecule has 1 heterocycles. The molecule has 0 aliphatic heterocycles. The van der Waals surface area contributed by atoms with Crippen LogP contribution in [0.3, 0.4) is 0 Å². The Kier molecular flexibility index (Phi) is 5.48. The summed E-state index contributed by atoms with van der Waals surface area (Å²) in [5, 5.41) is 10.5. The van der Waals surface area contributed by atoms with E-state index in [4.69, 9.17) is 4.74 Å². The van der Waals surface area contributed by atoms with E-state index in [1.54, 1.807) is 31.4 Å². The van der Waals surface area contributed by atoms with Crippen molar-refractivity contribution < 1.29 is 14.3 Å². The van der Waals surface area contributed by atoms with Crippen molar-refractivity contribution in [3.8, 4) is 22.9 Å². The number of rotatable bonds is 5. The minimum absolute atomic E-state index is 0.0649. The van der Waals surface area contributed by atoms with E-state index in [9.17, 15) is 14.9 Å². The van der Waals surface area contributed by atoms with Crippen LogP contribution in [-0.4, -0.2) is 23.7 Å². The Morgan fingerprint density at radius 3 is 2.26 bits per heavy atom. The molecule has 1 aliphatic rings. The van der Waals surface area contributed by atoms with Crippen molar-refractivity contribution in [3.63, 3.8) is 0 Å². The van der Waals surface area contributed by atoms with Crippen LogP contribution in [0.5, 0.6) is 5.75 Å². The number of nitriles is 1. The number of carbonyl (C=O) groups is 2. The summed E-state index contributed by atoms with van der Waals surface area (Å²) in [5.74, 6) is 0.0751. The van der Waals surface area contributed by atoms with Crippen LogP contribution < -0.4 is 4.74 Å². The number of ketones is 2. The van der Waals surface area contributed by atoms with Crippen LogP contribution in [0.1, 0.15) is 43.1 Å². The summed E-state index contributed by atoms with van der Waals surface area (Å²) in [6, 6.07) is 23.9. The van der Waals surface area contributed by atoms with Crippen molar-refractivity contribution in [2.45, 2.75) is 16.8 Å².